The van der Waals surface area contributed by atoms with E-state index in [0.717, 1.165) is 17.7 Å². The number of nitrogens with one attached hydrogen (secondary N) is 4. The number of alkyl halides is 1. The van der Waals surface area contributed by atoms with E-state index in [1.807, 2.05) is 0 Å². The molecular formula is C37H37FN10O7. The molecule has 5 amide bonds. The lowest BCUT2D eigenvalue weighted by atomic mass is 10.0. The molecule has 3 unspecified atom stereocenters. The van der Waals surface area contributed by atoms with Crippen LogP contribution in [0.1, 0.15) is 69.2 Å². The maximum absolute atomic E-state index is 15.1. The van der Waals surface area contributed by atoms with Gasteiger partial charge in [0.25, 0.3) is 17.7 Å². The number of imide groups is 2. The smallest absolute Gasteiger partial charge is 0.264 e. The highest BCUT2D eigenvalue weighted by atomic mass is 19.1. The van der Waals surface area contributed by atoms with E-state index in [2.05, 4.69) is 42.4 Å². The Morgan fingerprint density at radius 1 is 1.05 bits per heavy atom. The normalized spacial score (nSPS) is 17.8. The SMILES string of the molecule is CC(OCCOCCNc1cccc2c1C(=O)N(C1CCC(=O)NC1=O)C2=O)C(F)CNC(=O)c1cnc(-n2ncc3cc(C#N)cnc32)cc1NC1CC1. The highest BCUT2D eigenvalue weighted by molar-refractivity contribution is 6.25. The van der Waals surface area contributed by atoms with Gasteiger partial charge in [0.1, 0.15) is 18.3 Å². The van der Waals surface area contributed by atoms with Gasteiger partial charge in [-0.1, -0.05) is 6.07 Å². The van der Waals surface area contributed by atoms with Crippen molar-refractivity contribution >= 4 is 51.9 Å². The fraction of sp³-hybridized carbons (Fsp3) is 0.378. The van der Waals surface area contributed by atoms with Crippen molar-refractivity contribution in [2.75, 3.05) is 43.5 Å². The van der Waals surface area contributed by atoms with Crippen molar-refractivity contribution in [1.29, 1.82) is 5.26 Å². The molecule has 284 valence electrons. The summed E-state index contributed by atoms with van der Waals surface area (Å²) in [6.45, 7) is 1.97. The van der Waals surface area contributed by atoms with Crippen LogP contribution < -0.4 is 21.3 Å². The lowest BCUT2D eigenvalue weighted by Gasteiger charge is -2.27. The van der Waals surface area contributed by atoms with Crippen LogP contribution >= 0.6 is 0 Å². The molecule has 2 fully saturated rings. The highest BCUT2D eigenvalue weighted by Gasteiger charge is 2.45. The Morgan fingerprint density at radius 3 is 2.67 bits per heavy atom. The molecule has 1 saturated carbocycles. The second-order valence-electron chi connectivity index (χ2n) is 13.3. The molecule has 1 aromatic carbocycles. The summed E-state index contributed by atoms with van der Waals surface area (Å²) in [6.07, 6.45) is 4.07. The lowest BCUT2D eigenvalue weighted by Crippen LogP contribution is -2.54. The molecule has 4 N–H and O–H groups in total. The van der Waals surface area contributed by atoms with Crippen LogP contribution in [0.4, 0.5) is 15.8 Å². The number of nitriles is 1. The summed E-state index contributed by atoms with van der Waals surface area (Å²) in [6, 6.07) is 9.35. The van der Waals surface area contributed by atoms with Crippen molar-refractivity contribution in [3.05, 3.63) is 71.2 Å². The van der Waals surface area contributed by atoms with E-state index in [1.54, 1.807) is 37.4 Å². The molecule has 18 heteroatoms. The number of hydrogen-bond donors (Lipinski definition) is 4. The molecule has 0 radical (unpaired) electrons. The molecule has 3 aromatic heterocycles. The third kappa shape index (κ3) is 7.98. The van der Waals surface area contributed by atoms with Gasteiger partial charge in [-0.25, -0.2) is 14.4 Å². The predicted octanol–water partition coefficient (Wildman–Crippen LogP) is 2.26. The molecular weight excluding hydrogens is 715 g/mol. The number of fused-ring (bicyclic) bond motifs is 2. The first-order chi connectivity index (χ1) is 26.6. The van der Waals surface area contributed by atoms with E-state index < -0.39 is 47.9 Å². The Balaban J connectivity index is 0.850. The molecule has 2 aliphatic heterocycles. The first-order valence-corrected chi connectivity index (χ1v) is 17.8. The van der Waals surface area contributed by atoms with Crippen LogP contribution in [0, 0.1) is 11.3 Å². The maximum atomic E-state index is 15.1. The summed E-state index contributed by atoms with van der Waals surface area (Å²) in [7, 11) is 0. The Kier molecular flexibility index (Phi) is 10.7. The number of ether oxygens (including phenoxy) is 2. The molecule has 7 rings (SSSR count). The fourth-order valence-electron chi connectivity index (χ4n) is 6.33. The number of aromatic nitrogens is 4. The zero-order valence-electron chi connectivity index (χ0n) is 29.7. The summed E-state index contributed by atoms with van der Waals surface area (Å²) < 4.78 is 27.8. The fourth-order valence-corrected chi connectivity index (χ4v) is 6.33. The standard InChI is InChI=1S/C37H37FN10O7/c1-20(55-12-11-54-10-9-40-27-4-2-3-24-32(27)37(53)47(36(24)52)29-7-8-31(49)46-35(29)51)26(38)19-43-34(50)25-18-41-30(14-28(25)45-23-5-6-23)48-33-22(17-44-48)13-21(15-39)16-42-33/h2-4,13-14,16-18,20,23,26,29,40H,5-12,19H2,1H3,(H,41,45)(H,43,50)(H,46,49,51). The molecule has 1 aliphatic carbocycles. The average Bonchev–Trinajstić information content (AvgIpc) is 3.84. The van der Waals surface area contributed by atoms with Crippen molar-refractivity contribution in [3.63, 3.8) is 0 Å². The molecule has 1 saturated heterocycles. The minimum absolute atomic E-state index is 0.0302. The van der Waals surface area contributed by atoms with Crippen LogP contribution in [0.25, 0.3) is 16.9 Å². The monoisotopic (exact) mass is 752 g/mol. The number of anilines is 2. The maximum Gasteiger partial charge on any atom is 0.264 e. The van der Waals surface area contributed by atoms with E-state index in [-0.39, 0.29) is 68.5 Å². The Labute approximate surface area is 313 Å². The van der Waals surface area contributed by atoms with Crippen molar-refractivity contribution in [1.82, 2.24) is 35.3 Å². The molecule has 0 bridgehead atoms. The third-order valence-corrected chi connectivity index (χ3v) is 9.43. The number of hydrogen-bond acceptors (Lipinski definition) is 13. The molecule has 5 heterocycles. The summed E-state index contributed by atoms with van der Waals surface area (Å²) >= 11 is 0. The summed E-state index contributed by atoms with van der Waals surface area (Å²) in [4.78, 5) is 73.1. The molecule has 3 aliphatic rings. The average molecular weight is 753 g/mol. The van der Waals surface area contributed by atoms with Gasteiger partial charge in [0.2, 0.25) is 11.8 Å². The zero-order chi connectivity index (χ0) is 38.6. The van der Waals surface area contributed by atoms with Crippen molar-refractivity contribution in [2.45, 2.75) is 57.0 Å². The zero-order valence-corrected chi connectivity index (χ0v) is 29.7. The van der Waals surface area contributed by atoms with Gasteiger partial charge in [-0.05, 0) is 44.4 Å². The van der Waals surface area contributed by atoms with E-state index >= 15 is 4.39 Å². The Bertz CT molecular complexity index is 2220. The minimum Gasteiger partial charge on any atom is -0.382 e. The van der Waals surface area contributed by atoms with Gasteiger partial charge in [0, 0.05) is 48.5 Å². The lowest BCUT2D eigenvalue weighted by molar-refractivity contribution is -0.136. The number of rotatable bonds is 16. The number of nitrogens with zero attached hydrogens (tertiary/aromatic N) is 6. The van der Waals surface area contributed by atoms with Crippen molar-refractivity contribution < 1.29 is 37.8 Å². The topological polar surface area (TPSA) is 223 Å². The third-order valence-electron chi connectivity index (χ3n) is 9.43. The van der Waals surface area contributed by atoms with Gasteiger partial charge in [-0.2, -0.15) is 15.0 Å². The largest absolute Gasteiger partial charge is 0.382 e. The van der Waals surface area contributed by atoms with Crippen molar-refractivity contribution in [3.8, 4) is 11.9 Å². The van der Waals surface area contributed by atoms with Crippen LogP contribution in [-0.4, -0.2) is 111 Å². The summed E-state index contributed by atoms with van der Waals surface area (Å²) in [5.41, 5.74) is 2.41. The minimum atomic E-state index is -1.52. The van der Waals surface area contributed by atoms with E-state index in [0.29, 0.717) is 33.8 Å². The van der Waals surface area contributed by atoms with Gasteiger partial charge in [-0.3, -0.25) is 34.2 Å². The number of amides is 5. The summed E-state index contributed by atoms with van der Waals surface area (Å²) in [5.74, 6) is -2.42. The first kappa shape index (κ1) is 37.0. The number of halogens is 1. The van der Waals surface area contributed by atoms with Crippen LogP contribution in [0.2, 0.25) is 0 Å². The van der Waals surface area contributed by atoms with Gasteiger partial charge in [0.15, 0.2) is 11.5 Å². The van der Waals surface area contributed by atoms with E-state index in [1.165, 1.54) is 23.1 Å². The molecule has 17 nitrogen and oxygen atoms in total. The number of carbonyl (C=O) groups is 5. The molecule has 55 heavy (non-hydrogen) atoms. The highest BCUT2D eigenvalue weighted by Crippen LogP contribution is 2.32. The summed E-state index contributed by atoms with van der Waals surface area (Å²) in [5, 5.41) is 25.4. The van der Waals surface area contributed by atoms with E-state index in [4.69, 9.17) is 9.47 Å². The Hall–Kier alpha value is -6.32. The second-order valence-corrected chi connectivity index (χ2v) is 13.3. The number of carbonyl (C=O) groups excluding carboxylic acids is 5. The van der Waals surface area contributed by atoms with Gasteiger partial charge >= 0.3 is 0 Å². The quantitative estimate of drug-likeness (QED) is 0.0954. The second kappa shape index (κ2) is 16.0. The van der Waals surface area contributed by atoms with Gasteiger partial charge < -0.3 is 25.4 Å². The van der Waals surface area contributed by atoms with Crippen LogP contribution in [0.5, 0.6) is 0 Å². The van der Waals surface area contributed by atoms with E-state index in [9.17, 15) is 29.2 Å². The van der Waals surface area contributed by atoms with Gasteiger partial charge in [0.05, 0.1) is 66.6 Å². The van der Waals surface area contributed by atoms with Crippen LogP contribution in [0.15, 0.2) is 48.9 Å². The molecule has 3 atom stereocenters. The number of pyridine rings is 2. The predicted molar refractivity (Wildman–Crippen MR) is 193 cm³/mol. The molecule has 0 spiro atoms. The van der Waals surface area contributed by atoms with Crippen LogP contribution in [-0.2, 0) is 19.1 Å². The first-order valence-electron chi connectivity index (χ1n) is 17.8. The van der Waals surface area contributed by atoms with Crippen LogP contribution in [0.3, 0.4) is 0 Å². The Morgan fingerprint density at radius 2 is 1.89 bits per heavy atom. The van der Waals surface area contributed by atoms with Gasteiger partial charge in [-0.15, -0.1) is 0 Å². The molecule has 4 aromatic rings. The number of piperidine rings is 1. The van der Waals surface area contributed by atoms with Crippen molar-refractivity contribution in [2.24, 2.45) is 0 Å². The number of benzene rings is 1.